The van der Waals surface area contributed by atoms with Gasteiger partial charge in [-0.3, -0.25) is 4.79 Å². The van der Waals surface area contributed by atoms with Crippen LogP contribution in [0.2, 0.25) is 0 Å². The molecule has 0 aliphatic heterocycles. The summed E-state index contributed by atoms with van der Waals surface area (Å²) in [6, 6.07) is 0.0515. The summed E-state index contributed by atoms with van der Waals surface area (Å²) < 4.78 is 4.86. The van der Waals surface area contributed by atoms with E-state index in [0.717, 1.165) is 6.54 Å². The molecule has 4 heteroatoms. The molecule has 0 radical (unpaired) electrons. The van der Waals surface area contributed by atoms with E-state index in [0.29, 0.717) is 19.1 Å². The van der Waals surface area contributed by atoms with Crippen LogP contribution in [0.15, 0.2) is 0 Å². The van der Waals surface area contributed by atoms with Crippen molar-refractivity contribution in [3.05, 3.63) is 0 Å². The van der Waals surface area contributed by atoms with Gasteiger partial charge in [0.1, 0.15) is 6.04 Å². The average molecular weight is 230 g/mol. The Labute approximate surface area is 99.1 Å². The van der Waals surface area contributed by atoms with Crippen molar-refractivity contribution >= 4 is 5.97 Å². The Balaban J connectivity index is 3.81. The molecule has 2 atom stereocenters. The maximum absolute atomic E-state index is 11.3. The van der Waals surface area contributed by atoms with Crippen LogP contribution in [0.1, 0.15) is 40.0 Å². The number of rotatable bonds is 8. The average Bonchev–Trinajstić information content (AvgIpc) is 2.25. The first-order chi connectivity index (χ1) is 7.52. The van der Waals surface area contributed by atoms with Gasteiger partial charge in [0.25, 0.3) is 0 Å². The van der Waals surface area contributed by atoms with Crippen molar-refractivity contribution in [2.75, 3.05) is 20.2 Å². The fourth-order valence-electron chi connectivity index (χ4n) is 1.57. The molecule has 0 aliphatic rings. The fraction of sp³-hybridized carbons (Fsp3) is 0.917. The molecule has 96 valence electrons. The Morgan fingerprint density at radius 3 is 2.50 bits per heavy atom. The summed E-state index contributed by atoms with van der Waals surface area (Å²) in [5.74, 6) is -0.293. The van der Waals surface area contributed by atoms with E-state index in [1.54, 1.807) is 6.92 Å². The maximum Gasteiger partial charge on any atom is 0.322 e. The Bertz CT molecular complexity index is 197. The quantitative estimate of drug-likeness (QED) is 0.640. The highest BCUT2D eigenvalue weighted by atomic mass is 16.5. The van der Waals surface area contributed by atoms with Gasteiger partial charge in [-0.1, -0.05) is 13.3 Å². The molecule has 0 fully saturated rings. The van der Waals surface area contributed by atoms with Crippen LogP contribution in [0.5, 0.6) is 0 Å². The van der Waals surface area contributed by atoms with Gasteiger partial charge in [-0.15, -0.1) is 0 Å². The van der Waals surface area contributed by atoms with Crippen LogP contribution in [0.3, 0.4) is 0 Å². The largest absolute Gasteiger partial charge is 0.465 e. The fourth-order valence-corrected chi connectivity index (χ4v) is 1.57. The molecule has 0 aliphatic carbocycles. The minimum absolute atomic E-state index is 0.293. The topological polar surface area (TPSA) is 55.6 Å². The molecule has 0 saturated carbocycles. The molecule has 0 heterocycles. The summed E-state index contributed by atoms with van der Waals surface area (Å²) in [6.45, 7) is 7.39. The van der Waals surface area contributed by atoms with E-state index in [4.69, 9.17) is 10.5 Å². The molecular weight excluding hydrogens is 204 g/mol. The van der Waals surface area contributed by atoms with Crippen molar-refractivity contribution < 1.29 is 9.53 Å². The lowest BCUT2D eigenvalue weighted by atomic mass is 10.1. The zero-order valence-electron chi connectivity index (χ0n) is 11.0. The van der Waals surface area contributed by atoms with Gasteiger partial charge in [0.05, 0.1) is 6.61 Å². The normalized spacial score (nSPS) is 14.9. The Kier molecular flexibility index (Phi) is 8.21. The summed E-state index contributed by atoms with van der Waals surface area (Å²) in [5, 5.41) is 0. The smallest absolute Gasteiger partial charge is 0.322 e. The van der Waals surface area contributed by atoms with Crippen molar-refractivity contribution in [3.63, 3.8) is 0 Å². The van der Waals surface area contributed by atoms with Crippen LogP contribution in [-0.4, -0.2) is 43.2 Å². The SMILES string of the molecule is CCCC(C)N(C)CCC(N)C(=O)OCC. The highest BCUT2D eigenvalue weighted by Gasteiger charge is 2.16. The molecule has 0 aromatic carbocycles. The summed E-state index contributed by atoms with van der Waals surface area (Å²) in [7, 11) is 2.07. The lowest BCUT2D eigenvalue weighted by Gasteiger charge is -2.25. The molecule has 0 saturated heterocycles. The predicted octanol–water partition coefficient (Wildman–Crippen LogP) is 1.39. The Morgan fingerprint density at radius 2 is 2.00 bits per heavy atom. The van der Waals surface area contributed by atoms with Crippen molar-refractivity contribution in [3.8, 4) is 0 Å². The first-order valence-corrected chi connectivity index (χ1v) is 6.15. The maximum atomic E-state index is 11.3. The van der Waals surface area contributed by atoms with Crippen LogP contribution in [0.4, 0.5) is 0 Å². The standard InChI is InChI=1S/C12H26N2O2/c1-5-7-10(3)14(4)9-8-11(13)12(15)16-6-2/h10-11H,5-9,13H2,1-4H3. The number of carbonyl (C=O) groups is 1. The number of esters is 1. The van der Waals surface area contributed by atoms with Gasteiger partial charge in [0.15, 0.2) is 0 Å². The summed E-state index contributed by atoms with van der Waals surface area (Å²) in [4.78, 5) is 13.5. The molecule has 0 amide bonds. The molecule has 0 aromatic heterocycles. The third-order valence-electron chi connectivity index (χ3n) is 2.84. The zero-order chi connectivity index (χ0) is 12.6. The van der Waals surface area contributed by atoms with Crippen molar-refractivity contribution in [2.45, 2.75) is 52.1 Å². The van der Waals surface area contributed by atoms with Crippen LogP contribution in [0, 0.1) is 0 Å². The number of nitrogens with zero attached hydrogens (tertiary/aromatic N) is 1. The monoisotopic (exact) mass is 230 g/mol. The van der Waals surface area contributed by atoms with Crippen LogP contribution < -0.4 is 5.73 Å². The minimum atomic E-state index is -0.490. The van der Waals surface area contributed by atoms with Crippen molar-refractivity contribution in [1.29, 1.82) is 0 Å². The minimum Gasteiger partial charge on any atom is -0.465 e. The third-order valence-corrected chi connectivity index (χ3v) is 2.84. The van der Waals surface area contributed by atoms with Gasteiger partial charge >= 0.3 is 5.97 Å². The number of hydrogen-bond acceptors (Lipinski definition) is 4. The second-order valence-corrected chi connectivity index (χ2v) is 4.27. The number of carbonyl (C=O) groups excluding carboxylic acids is 1. The van der Waals surface area contributed by atoms with E-state index in [9.17, 15) is 4.79 Å². The van der Waals surface area contributed by atoms with Crippen LogP contribution in [0.25, 0.3) is 0 Å². The second kappa shape index (κ2) is 8.53. The number of nitrogens with two attached hydrogens (primary N) is 1. The number of ether oxygens (including phenoxy) is 1. The molecule has 16 heavy (non-hydrogen) atoms. The molecule has 0 spiro atoms. The molecule has 0 bridgehead atoms. The number of hydrogen-bond donors (Lipinski definition) is 1. The Hall–Kier alpha value is -0.610. The highest BCUT2D eigenvalue weighted by Crippen LogP contribution is 2.05. The van der Waals surface area contributed by atoms with Gasteiger partial charge in [-0.2, -0.15) is 0 Å². The van der Waals surface area contributed by atoms with E-state index in [1.165, 1.54) is 12.8 Å². The summed E-state index contributed by atoms with van der Waals surface area (Å²) in [6.07, 6.45) is 3.00. The highest BCUT2D eigenvalue weighted by molar-refractivity contribution is 5.75. The van der Waals surface area contributed by atoms with Gasteiger partial charge in [-0.25, -0.2) is 0 Å². The second-order valence-electron chi connectivity index (χ2n) is 4.27. The molecular formula is C12H26N2O2. The molecule has 2 unspecified atom stereocenters. The lowest BCUT2D eigenvalue weighted by Crippen LogP contribution is -2.38. The van der Waals surface area contributed by atoms with Gasteiger partial charge in [-0.05, 0) is 33.7 Å². The van der Waals surface area contributed by atoms with Crippen LogP contribution >= 0.6 is 0 Å². The van der Waals surface area contributed by atoms with E-state index in [1.807, 2.05) is 0 Å². The van der Waals surface area contributed by atoms with Gasteiger partial charge in [0.2, 0.25) is 0 Å². The van der Waals surface area contributed by atoms with Gasteiger partial charge in [0, 0.05) is 12.6 Å². The van der Waals surface area contributed by atoms with Crippen molar-refractivity contribution in [1.82, 2.24) is 4.90 Å². The zero-order valence-corrected chi connectivity index (χ0v) is 11.0. The van der Waals surface area contributed by atoms with E-state index in [2.05, 4.69) is 25.8 Å². The van der Waals surface area contributed by atoms with Crippen LogP contribution in [-0.2, 0) is 9.53 Å². The molecule has 4 nitrogen and oxygen atoms in total. The summed E-state index contributed by atoms with van der Waals surface area (Å²) >= 11 is 0. The molecule has 0 rings (SSSR count). The third kappa shape index (κ3) is 6.08. The van der Waals surface area contributed by atoms with E-state index >= 15 is 0 Å². The summed E-state index contributed by atoms with van der Waals surface area (Å²) in [5.41, 5.74) is 5.72. The Morgan fingerprint density at radius 1 is 1.38 bits per heavy atom. The lowest BCUT2D eigenvalue weighted by molar-refractivity contribution is -0.144. The molecule has 0 aromatic rings. The van der Waals surface area contributed by atoms with Gasteiger partial charge < -0.3 is 15.4 Å². The van der Waals surface area contributed by atoms with E-state index in [-0.39, 0.29) is 5.97 Å². The van der Waals surface area contributed by atoms with E-state index < -0.39 is 6.04 Å². The molecule has 2 N–H and O–H groups in total. The first kappa shape index (κ1) is 15.4. The van der Waals surface area contributed by atoms with Crippen molar-refractivity contribution in [2.24, 2.45) is 5.73 Å². The predicted molar refractivity (Wildman–Crippen MR) is 66.2 cm³/mol. The first-order valence-electron chi connectivity index (χ1n) is 6.15.